The van der Waals surface area contributed by atoms with Crippen molar-refractivity contribution in [2.45, 2.75) is 13.2 Å². The topological polar surface area (TPSA) is 58.9 Å². The standard InChI is InChI=1S/C14H14O4/c1-10(17-13-6-2-4-11(15)8-13)18-14-7-3-5-12(16)9-14/h2-10,15-16H,1H3. The quantitative estimate of drug-likeness (QED) is 0.814. The number of rotatable bonds is 4. The Hall–Kier alpha value is -2.36. The van der Waals surface area contributed by atoms with Crippen LogP contribution in [0.15, 0.2) is 48.5 Å². The smallest absolute Gasteiger partial charge is 0.238 e. The molecule has 0 amide bonds. The summed E-state index contributed by atoms with van der Waals surface area (Å²) < 4.78 is 11.0. The van der Waals surface area contributed by atoms with Gasteiger partial charge in [-0.15, -0.1) is 0 Å². The Balaban J connectivity index is 1.98. The molecule has 0 radical (unpaired) electrons. The first-order valence-corrected chi connectivity index (χ1v) is 5.55. The summed E-state index contributed by atoms with van der Waals surface area (Å²) in [5, 5.41) is 18.6. The van der Waals surface area contributed by atoms with Gasteiger partial charge in [0, 0.05) is 19.1 Å². The van der Waals surface area contributed by atoms with E-state index < -0.39 is 6.29 Å². The van der Waals surface area contributed by atoms with Crippen molar-refractivity contribution in [1.82, 2.24) is 0 Å². The highest BCUT2D eigenvalue weighted by atomic mass is 16.7. The minimum atomic E-state index is -0.534. The van der Waals surface area contributed by atoms with Gasteiger partial charge in [0.2, 0.25) is 6.29 Å². The fraction of sp³-hybridized carbons (Fsp3) is 0.143. The predicted octanol–water partition coefficient (Wildman–Crippen LogP) is 2.90. The van der Waals surface area contributed by atoms with Crippen LogP contribution >= 0.6 is 0 Å². The number of ether oxygens (including phenoxy) is 2. The fourth-order valence-corrected chi connectivity index (χ4v) is 1.52. The van der Waals surface area contributed by atoms with E-state index in [9.17, 15) is 10.2 Å². The molecule has 0 spiro atoms. The molecule has 0 aliphatic heterocycles. The Bertz CT molecular complexity index is 477. The summed E-state index contributed by atoms with van der Waals surface area (Å²) in [5.74, 6) is 1.31. The molecule has 2 aromatic rings. The summed E-state index contributed by atoms with van der Waals surface area (Å²) in [4.78, 5) is 0. The van der Waals surface area contributed by atoms with E-state index in [1.165, 1.54) is 12.1 Å². The number of hydrogen-bond acceptors (Lipinski definition) is 4. The largest absolute Gasteiger partial charge is 0.508 e. The minimum Gasteiger partial charge on any atom is -0.508 e. The molecule has 0 bridgehead atoms. The van der Waals surface area contributed by atoms with E-state index in [2.05, 4.69) is 0 Å². The molecule has 0 aromatic heterocycles. The van der Waals surface area contributed by atoms with E-state index in [0.717, 1.165) is 0 Å². The zero-order valence-corrected chi connectivity index (χ0v) is 9.91. The number of hydrogen-bond donors (Lipinski definition) is 2. The molecule has 94 valence electrons. The van der Waals surface area contributed by atoms with Crippen LogP contribution < -0.4 is 9.47 Å². The molecular formula is C14H14O4. The average molecular weight is 246 g/mol. The van der Waals surface area contributed by atoms with Gasteiger partial charge >= 0.3 is 0 Å². The highest BCUT2D eigenvalue weighted by Gasteiger charge is 2.06. The van der Waals surface area contributed by atoms with E-state index >= 15 is 0 Å². The van der Waals surface area contributed by atoms with E-state index in [-0.39, 0.29) is 11.5 Å². The average Bonchev–Trinajstić information content (AvgIpc) is 2.28. The van der Waals surface area contributed by atoms with Gasteiger partial charge in [0.05, 0.1) is 0 Å². The Labute approximate surface area is 105 Å². The van der Waals surface area contributed by atoms with Gasteiger partial charge < -0.3 is 19.7 Å². The van der Waals surface area contributed by atoms with Crippen LogP contribution in [0.4, 0.5) is 0 Å². The third kappa shape index (κ3) is 3.31. The molecule has 4 heteroatoms. The minimum absolute atomic E-state index is 0.136. The molecule has 2 aromatic carbocycles. The van der Waals surface area contributed by atoms with Crippen LogP contribution in [0.2, 0.25) is 0 Å². The van der Waals surface area contributed by atoms with Crippen molar-refractivity contribution in [1.29, 1.82) is 0 Å². The summed E-state index contributed by atoms with van der Waals surface area (Å²) in [7, 11) is 0. The number of phenols is 2. The van der Waals surface area contributed by atoms with Crippen LogP contribution in [0.3, 0.4) is 0 Å². The summed E-state index contributed by atoms with van der Waals surface area (Å²) in [6, 6.07) is 13.0. The molecule has 18 heavy (non-hydrogen) atoms. The van der Waals surface area contributed by atoms with Gasteiger partial charge in [0.1, 0.15) is 23.0 Å². The maximum atomic E-state index is 9.30. The SMILES string of the molecule is CC(Oc1cccc(O)c1)Oc1cccc(O)c1. The third-order valence-corrected chi connectivity index (χ3v) is 2.24. The number of phenolic OH excluding ortho intramolecular Hbond substituents is 2. The van der Waals surface area contributed by atoms with Crippen LogP contribution in [0.5, 0.6) is 23.0 Å². The lowest BCUT2D eigenvalue weighted by molar-refractivity contribution is 0.0221. The Morgan fingerprint density at radius 1 is 0.833 bits per heavy atom. The molecule has 0 fully saturated rings. The Morgan fingerprint density at radius 3 is 1.67 bits per heavy atom. The molecular weight excluding hydrogens is 232 g/mol. The van der Waals surface area contributed by atoms with Crippen molar-refractivity contribution in [3.63, 3.8) is 0 Å². The third-order valence-electron chi connectivity index (χ3n) is 2.24. The van der Waals surface area contributed by atoms with Crippen LogP contribution in [-0.2, 0) is 0 Å². The highest BCUT2D eigenvalue weighted by molar-refractivity contribution is 5.33. The maximum Gasteiger partial charge on any atom is 0.238 e. The molecule has 0 aliphatic rings. The molecule has 0 saturated carbocycles. The molecule has 0 atom stereocenters. The second kappa shape index (κ2) is 5.31. The first-order valence-electron chi connectivity index (χ1n) is 5.55. The Morgan fingerprint density at radius 2 is 1.28 bits per heavy atom. The first kappa shape index (κ1) is 12.1. The lowest BCUT2D eigenvalue weighted by Gasteiger charge is -2.16. The van der Waals surface area contributed by atoms with Crippen LogP contribution in [0, 0.1) is 0 Å². The van der Waals surface area contributed by atoms with E-state index in [1.807, 2.05) is 0 Å². The highest BCUT2D eigenvalue weighted by Crippen LogP contribution is 2.22. The zero-order chi connectivity index (χ0) is 13.0. The van der Waals surface area contributed by atoms with E-state index in [4.69, 9.17) is 9.47 Å². The maximum absolute atomic E-state index is 9.30. The van der Waals surface area contributed by atoms with Crippen molar-refractivity contribution < 1.29 is 19.7 Å². The first-order chi connectivity index (χ1) is 8.63. The Kier molecular flexibility index (Phi) is 3.57. The summed E-state index contributed by atoms with van der Waals surface area (Å²) >= 11 is 0. The summed E-state index contributed by atoms with van der Waals surface area (Å²) in [6.07, 6.45) is -0.534. The molecule has 0 saturated heterocycles. The lowest BCUT2D eigenvalue weighted by atomic mass is 10.3. The summed E-state index contributed by atoms with van der Waals surface area (Å²) in [6.45, 7) is 1.73. The molecule has 0 aliphatic carbocycles. The normalized spacial score (nSPS) is 10.3. The second-order valence-electron chi connectivity index (χ2n) is 3.80. The van der Waals surface area contributed by atoms with E-state index in [1.54, 1.807) is 43.3 Å². The molecule has 2 rings (SSSR count). The fourth-order valence-electron chi connectivity index (χ4n) is 1.52. The van der Waals surface area contributed by atoms with Crippen molar-refractivity contribution in [3.05, 3.63) is 48.5 Å². The van der Waals surface area contributed by atoms with Gasteiger partial charge in [-0.05, 0) is 24.3 Å². The van der Waals surface area contributed by atoms with Crippen LogP contribution in [-0.4, -0.2) is 16.5 Å². The van der Waals surface area contributed by atoms with E-state index in [0.29, 0.717) is 11.5 Å². The van der Waals surface area contributed by atoms with Gasteiger partial charge in [-0.1, -0.05) is 12.1 Å². The van der Waals surface area contributed by atoms with Gasteiger partial charge in [0.15, 0.2) is 0 Å². The van der Waals surface area contributed by atoms with Crippen molar-refractivity contribution >= 4 is 0 Å². The molecule has 2 N–H and O–H groups in total. The van der Waals surface area contributed by atoms with Crippen LogP contribution in [0.1, 0.15) is 6.92 Å². The second-order valence-corrected chi connectivity index (χ2v) is 3.80. The van der Waals surface area contributed by atoms with Crippen molar-refractivity contribution in [2.24, 2.45) is 0 Å². The zero-order valence-electron chi connectivity index (χ0n) is 9.91. The lowest BCUT2D eigenvalue weighted by Crippen LogP contribution is -2.19. The predicted molar refractivity (Wildman–Crippen MR) is 66.9 cm³/mol. The van der Waals surface area contributed by atoms with Gasteiger partial charge in [-0.25, -0.2) is 0 Å². The molecule has 0 unspecified atom stereocenters. The number of aromatic hydroxyl groups is 2. The van der Waals surface area contributed by atoms with Crippen molar-refractivity contribution in [3.8, 4) is 23.0 Å². The monoisotopic (exact) mass is 246 g/mol. The van der Waals surface area contributed by atoms with Crippen LogP contribution in [0.25, 0.3) is 0 Å². The summed E-state index contributed by atoms with van der Waals surface area (Å²) in [5.41, 5.74) is 0. The van der Waals surface area contributed by atoms with Gasteiger partial charge in [0.25, 0.3) is 0 Å². The van der Waals surface area contributed by atoms with Gasteiger partial charge in [-0.3, -0.25) is 0 Å². The van der Waals surface area contributed by atoms with Crippen molar-refractivity contribution in [2.75, 3.05) is 0 Å². The molecule has 0 heterocycles. The van der Waals surface area contributed by atoms with Gasteiger partial charge in [-0.2, -0.15) is 0 Å². The number of benzene rings is 2. The molecule has 4 nitrogen and oxygen atoms in total.